The fraction of sp³-hybridized carbons (Fsp3) is 0.238. The molecule has 2 amide bonds. The minimum atomic E-state index is -0.942. The molecule has 2 N–H and O–H groups in total. The second kappa shape index (κ2) is 11.0. The van der Waals surface area contributed by atoms with Crippen LogP contribution < -0.4 is 10.9 Å². The predicted octanol–water partition coefficient (Wildman–Crippen LogP) is 3.09. The van der Waals surface area contributed by atoms with Crippen molar-refractivity contribution in [3.63, 3.8) is 0 Å². The third-order valence-corrected chi connectivity index (χ3v) is 4.19. The Morgan fingerprint density at radius 3 is 2.21 bits per heavy atom. The number of hydrogen-bond acceptors (Lipinski definition) is 5. The van der Waals surface area contributed by atoms with E-state index < -0.39 is 23.9 Å². The average Bonchev–Trinajstić information content (AvgIpc) is 2.72. The van der Waals surface area contributed by atoms with E-state index in [0.29, 0.717) is 16.1 Å². The van der Waals surface area contributed by atoms with Crippen molar-refractivity contribution in [2.75, 3.05) is 0 Å². The molecule has 0 heterocycles. The number of esters is 1. The third kappa shape index (κ3) is 7.38. The number of ketones is 1. The van der Waals surface area contributed by atoms with Crippen molar-refractivity contribution in [2.45, 2.75) is 32.3 Å². The number of rotatable bonds is 8. The molecule has 7 nitrogen and oxygen atoms in total. The maximum atomic E-state index is 12.2. The molecule has 1 atom stereocenters. The Morgan fingerprint density at radius 1 is 0.897 bits per heavy atom. The largest absolute Gasteiger partial charge is 0.454 e. The lowest BCUT2D eigenvalue weighted by molar-refractivity contribution is -0.146. The maximum absolute atomic E-state index is 12.2. The first-order valence-electron chi connectivity index (χ1n) is 9.00. The van der Waals surface area contributed by atoms with Gasteiger partial charge in [-0.15, -0.1) is 0 Å². The molecule has 1 unspecified atom stereocenters. The van der Waals surface area contributed by atoms with Crippen LogP contribution in [0.5, 0.6) is 0 Å². The third-order valence-electron chi connectivity index (χ3n) is 3.94. The topological polar surface area (TPSA) is 102 Å². The van der Waals surface area contributed by atoms with E-state index in [0.717, 1.165) is 0 Å². The van der Waals surface area contributed by atoms with Crippen LogP contribution in [0.1, 0.15) is 46.9 Å². The van der Waals surface area contributed by atoms with Gasteiger partial charge in [0.1, 0.15) is 0 Å². The molecule has 0 aliphatic heterocycles. The zero-order valence-electron chi connectivity index (χ0n) is 15.8. The molecule has 0 fully saturated rings. The highest BCUT2D eigenvalue weighted by atomic mass is 35.5. The molecule has 0 saturated heterocycles. The first kappa shape index (κ1) is 22.1. The molecule has 8 heteroatoms. The molecular weight excluding hydrogens is 396 g/mol. The number of carbonyl (C=O) groups is 4. The quantitative estimate of drug-likeness (QED) is 0.391. The lowest BCUT2D eigenvalue weighted by Crippen LogP contribution is -2.41. The van der Waals surface area contributed by atoms with E-state index in [4.69, 9.17) is 16.3 Å². The van der Waals surface area contributed by atoms with Gasteiger partial charge in [-0.25, -0.2) is 0 Å². The molecule has 29 heavy (non-hydrogen) atoms. The summed E-state index contributed by atoms with van der Waals surface area (Å²) in [4.78, 5) is 47.7. The molecule has 0 aromatic heterocycles. The zero-order chi connectivity index (χ0) is 21.2. The summed E-state index contributed by atoms with van der Waals surface area (Å²) in [6.07, 6.45) is -0.738. The molecule has 0 bridgehead atoms. The summed E-state index contributed by atoms with van der Waals surface area (Å²) < 4.78 is 5.11. The van der Waals surface area contributed by atoms with Crippen LogP contribution in [0.4, 0.5) is 0 Å². The summed E-state index contributed by atoms with van der Waals surface area (Å²) in [6, 6.07) is 14.7. The average molecular weight is 417 g/mol. The van der Waals surface area contributed by atoms with Crippen molar-refractivity contribution in [1.82, 2.24) is 10.9 Å². The van der Waals surface area contributed by atoms with Gasteiger partial charge in [0.15, 0.2) is 6.10 Å². The van der Waals surface area contributed by atoms with Gasteiger partial charge in [0, 0.05) is 29.0 Å². The van der Waals surface area contributed by atoms with Crippen LogP contribution in [-0.2, 0) is 14.3 Å². The van der Waals surface area contributed by atoms with Crippen molar-refractivity contribution in [3.8, 4) is 0 Å². The second-order valence-corrected chi connectivity index (χ2v) is 6.66. The van der Waals surface area contributed by atoms with Crippen LogP contribution in [0.25, 0.3) is 0 Å². The Balaban J connectivity index is 1.66. The summed E-state index contributed by atoms with van der Waals surface area (Å²) in [5, 5.41) is 0.504. The lowest BCUT2D eigenvalue weighted by Gasteiger charge is -2.12. The Labute approximate surface area is 173 Å². The first-order valence-corrected chi connectivity index (χ1v) is 9.38. The monoisotopic (exact) mass is 416 g/mol. The number of nitrogens with one attached hydrogen (secondary N) is 2. The summed E-state index contributed by atoms with van der Waals surface area (Å²) >= 11 is 5.78. The van der Waals surface area contributed by atoms with E-state index >= 15 is 0 Å². The van der Waals surface area contributed by atoms with Gasteiger partial charge in [-0.1, -0.05) is 29.8 Å². The van der Waals surface area contributed by atoms with Crippen LogP contribution in [0, 0.1) is 0 Å². The summed E-state index contributed by atoms with van der Waals surface area (Å²) in [5.74, 6) is -1.79. The molecule has 0 aliphatic carbocycles. The minimum Gasteiger partial charge on any atom is -0.454 e. The van der Waals surface area contributed by atoms with Gasteiger partial charge in [0.05, 0.1) is 0 Å². The van der Waals surface area contributed by atoms with Gasteiger partial charge in [-0.2, -0.15) is 0 Å². The van der Waals surface area contributed by atoms with Crippen LogP contribution >= 0.6 is 11.6 Å². The van der Waals surface area contributed by atoms with E-state index in [1.807, 2.05) is 0 Å². The number of hydrazine groups is 1. The van der Waals surface area contributed by atoms with Gasteiger partial charge in [-0.3, -0.25) is 30.0 Å². The Kier molecular flexibility index (Phi) is 8.36. The highest BCUT2D eigenvalue weighted by Crippen LogP contribution is 2.13. The molecule has 0 aliphatic rings. The first-order chi connectivity index (χ1) is 13.9. The van der Waals surface area contributed by atoms with Gasteiger partial charge in [-0.05, 0) is 49.7 Å². The van der Waals surface area contributed by atoms with Crippen molar-refractivity contribution in [1.29, 1.82) is 0 Å². The summed E-state index contributed by atoms with van der Waals surface area (Å²) in [7, 11) is 0. The minimum absolute atomic E-state index is 0.0175. The molecule has 0 spiro atoms. The van der Waals surface area contributed by atoms with Gasteiger partial charge < -0.3 is 4.74 Å². The van der Waals surface area contributed by atoms with E-state index in [-0.39, 0.29) is 25.0 Å². The summed E-state index contributed by atoms with van der Waals surface area (Å²) in [6.45, 7) is 1.49. The molecule has 2 aromatic carbocycles. The van der Waals surface area contributed by atoms with Crippen molar-refractivity contribution in [3.05, 3.63) is 70.7 Å². The fourth-order valence-corrected chi connectivity index (χ4v) is 2.53. The van der Waals surface area contributed by atoms with Crippen molar-refractivity contribution < 1.29 is 23.9 Å². The second-order valence-electron chi connectivity index (χ2n) is 6.23. The van der Waals surface area contributed by atoms with E-state index in [1.54, 1.807) is 54.6 Å². The van der Waals surface area contributed by atoms with E-state index in [1.165, 1.54) is 6.92 Å². The van der Waals surface area contributed by atoms with Crippen LogP contribution in [0.15, 0.2) is 54.6 Å². The summed E-state index contributed by atoms with van der Waals surface area (Å²) in [5.41, 5.74) is 5.39. The fourth-order valence-electron chi connectivity index (χ4n) is 2.40. The maximum Gasteiger partial charge on any atom is 0.306 e. The van der Waals surface area contributed by atoms with Gasteiger partial charge in [0.2, 0.25) is 11.7 Å². The number of Topliss-reactive ketones (excluding diaryl/α,β-unsaturated/α-hetero) is 1. The van der Waals surface area contributed by atoms with Gasteiger partial charge >= 0.3 is 5.97 Å². The van der Waals surface area contributed by atoms with Crippen molar-refractivity contribution >= 4 is 35.2 Å². The smallest absolute Gasteiger partial charge is 0.306 e. The SMILES string of the molecule is CC(OC(=O)CCCC(=O)NNC(=O)c1ccccc1)C(=O)c1ccc(Cl)cc1. The highest BCUT2D eigenvalue weighted by Gasteiger charge is 2.19. The van der Waals surface area contributed by atoms with E-state index in [9.17, 15) is 19.2 Å². The Morgan fingerprint density at radius 2 is 1.55 bits per heavy atom. The van der Waals surface area contributed by atoms with Gasteiger partial charge in [0.25, 0.3) is 5.91 Å². The number of carbonyl (C=O) groups excluding carboxylic acids is 4. The molecule has 2 rings (SSSR count). The Hall–Kier alpha value is -3.19. The number of ether oxygens (including phenoxy) is 1. The normalized spacial score (nSPS) is 11.2. The zero-order valence-corrected chi connectivity index (χ0v) is 16.6. The number of halogens is 1. The van der Waals surface area contributed by atoms with Crippen LogP contribution in [0.2, 0.25) is 5.02 Å². The number of benzene rings is 2. The molecule has 2 aromatic rings. The number of amides is 2. The Bertz CT molecular complexity index is 868. The van der Waals surface area contributed by atoms with Crippen molar-refractivity contribution in [2.24, 2.45) is 0 Å². The molecule has 0 saturated carbocycles. The predicted molar refractivity (Wildman–Crippen MR) is 107 cm³/mol. The number of hydrogen-bond donors (Lipinski definition) is 2. The standard InChI is InChI=1S/C21H21ClN2O5/c1-14(20(27)15-10-12-17(22)13-11-15)29-19(26)9-5-8-18(25)23-24-21(28)16-6-3-2-4-7-16/h2-4,6-7,10-14H,5,8-9H2,1H3,(H,23,25)(H,24,28). The molecule has 0 radical (unpaired) electrons. The molecular formula is C21H21ClN2O5. The van der Waals surface area contributed by atoms with Crippen LogP contribution in [0.3, 0.4) is 0 Å². The molecule has 152 valence electrons. The highest BCUT2D eigenvalue weighted by molar-refractivity contribution is 6.30. The van der Waals surface area contributed by atoms with E-state index in [2.05, 4.69) is 10.9 Å². The lowest BCUT2D eigenvalue weighted by atomic mass is 10.1. The van der Waals surface area contributed by atoms with Crippen LogP contribution in [-0.4, -0.2) is 29.7 Å².